The van der Waals surface area contributed by atoms with Crippen molar-refractivity contribution >= 4 is 6.09 Å². The van der Waals surface area contributed by atoms with Crippen molar-refractivity contribution < 1.29 is 14.3 Å². The Labute approximate surface area is 142 Å². The van der Waals surface area contributed by atoms with Gasteiger partial charge in [0.25, 0.3) is 0 Å². The molecule has 2 heterocycles. The van der Waals surface area contributed by atoms with Crippen LogP contribution in [0.25, 0.3) is 0 Å². The number of amides is 1. The summed E-state index contributed by atoms with van der Waals surface area (Å²) in [5.74, 6) is 1.67. The van der Waals surface area contributed by atoms with Gasteiger partial charge in [0.15, 0.2) is 0 Å². The van der Waals surface area contributed by atoms with Gasteiger partial charge < -0.3 is 14.4 Å². The molecule has 0 bridgehead atoms. The minimum absolute atomic E-state index is 0.167. The fraction of sp³-hybridized carbons (Fsp3) is 0.722. The van der Waals surface area contributed by atoms with Crippen LogP contribution in [0.15, 0.2) is 18.5 Å². The fourth-order valence-electron chi connectivity index (χ4n) is 4.56. The number of aromatic nitrogens is 2. The Morgan fingerprint density at radius 1 is 1.38 bits per heavy atom. The largest absolute Gasteiger partial charge is 0.453 e. The van der Waals surface area contributed by atoms with Crippen LogP contribution >= 0.6 is 0 Å². The van der Waals surface area contributed by atoms with Crippen molar-refractivity contribution in [3.8, 4) is 0 Å². The van der Waals surface area contributed by atoms with E-state index in [2.05, 4.69) is 9.97 Å². The Morgan fingerprint density at radius 2 is 2.21 bits per heavy atom. The number of carbonyl (C=O) groups is 1. The second-order valence-corrected chi connectivity index (χ2v) is 7.32. The van der Waals surface area contributed by atoms with E-state index in [4.69, 9.17) is 9.47 Å². The zero-order valence-corrected chi connectivity index (χ0v) is 14.2. The van der Waals surface area contributed by atoms with E-state index in [1.807, 2.05) is 23.4 Å². The molecular weight excluding hydrogens is 306 g/mol. The molecule has 2 saturated carbocycles. The average Bonchev–Trinajstić information content (AvgIpc) is 3.19. The van der Waals surface area contributed by atoms with Crippen LogP contribution < -0.4 is 0 Å². The number of hydrogen-bond donors (Lipinski definition) is 0. The molecule has 0 N–H and O–H groups in total. The lowest BCUT2D eigenvalue weighted by molar-refractivity contribution is -0.00417. The van der Waals surface area contributed by atoms with Gasteiger partial charge >= 0.3 is 6.09 Å². The number of ether oxygens (including phenoxy) is 2. The third kappa shape index (κ3) is 2.77. The first-order chi connectivity index (χ1) is 11.7. The highest BCUT2D eigenvalue weighted by Crippen LogP contribution is 2.61. The average molecular weight is 331 g/mol. The Hall–Kier alpha value is -1.69. The molecule has 1 aromatic heterocycles. The predicted molar refractivity (Wildman–Crippen MR) is 87.5 cm³/mol. The van der Waals surface area contributed by atoms with Gasteiger partial charge in [-0.3, -0.25) is 0 Å². The van der Waals surface area contributed by atoms with E-state index in [1.54, 1.807) is 0 Å². The second kappa shape index (κ2) is 6.31. The first-order valence-corrected chi connectivity index (χ1v) is 8.96. The van der Waals surface area contributed by atoms with E-state index in [1.165, 1.54) is 13.5 Å². The molecule has 1 saturated heterocycles. The molecule has 0 aromatic carbocycles. The smallest absolute Gasteiger partial charge is 0.409 e. The van der Waals surface area contributed by atoms with Crippen molar-refractivity contribution in [3.63, 3.8) is 0 Å². The Kier molecular flexibility index (Phi) is 4.16. The Bertz CT molecular complexity index is 596. The lowest BCUT2D eigenvalue weighted by atomic mass is 9.86. The van der Waals surface area contributed by atoms with Crippen molar-refractivity contribution in [1.82, 2.24) is 14.9 Å². The lowest BCUT2D eigenvalue weighted by Crippen LogP contribution is -2.39. The third-order valence-corrected chi connectivity index (χ3v) is 6.01. The van der Waals surface area contributed by atoms with Crippen molar-refractivity contribution in [2.45, 2.75) is 56.1 Å². The van der Waals surface area contributed by atoms with Crippen LogP contribution in [0.2, 0.25) is 0 Å². The van der Waals surface area contributed by atoms with Gasteiger partial charge in [0, 0.05) is 24.4 Å². The standard InChI is InChI=1S/C18H25N3O3/c1-23-17(22)21-9-2-4-14(21)12-24-15-5-6-18(11-13(18)10-15)16-19-7-3-8-20-16/h3,7-8,13-15H,2,4-6,9-12H2,1H3. The maximum Gasteiger partial charge on any atom is 0.409 e. The molecular formula is C18H25N3O3. The van der Waals surface area contributed by atoms with Crippen LogP contribution in [-0.4, -0.2) is 53.4 Å². The van der Waals surface area contributed by atoms with E-state index < -0.39 is 0 Å². The molecule has 3 fully saturated rings. The SMILES string of the molecule is COC(=O)N1CCCC1COC1CCC2(c3ncccn3)CC2C1. The molecule has 4 unspecified atom stereocenters. The lowest BCUT2D eigenvalue weighted by Gasteiger charge is -2.30. The number of nitrogens with zero attached hydrogens (tertiary/aromatic N) is 3. The summed E-state index contributed by atoms with van der Waals surface area (Å²) in [6.45, 7) is 1.41. The summed E-state index contributed by atoms with van der Waals surface area (Å²) in [6.07, 6.45) is 10.2. The first kappa shape index (κ1) is 15.8. The highest BCUT2D eigenvalue weighted by molar-refractivity contribution is 5.68. The fourth-order valence-corrected chi connectivity index (χ4v) is 4.56. The molecule has 1 amide bonds. The van der Waals surface area contributed by atoms with Crippen LogP contribution in [0.3, 0.4) is 0 Å². The van der Waals surface area contributed by atoms with Crippen LogP contribution in [0.1, 0.15) is 44.3 Å². The molecule has 1 aromatic rings. The minimum atomic E-state index is -0.229. The highest BCUT2D eigenvalue weighted by atomic mass is 16.5. The van der Waals surface area contributed by atoms with Gasteiger partial charge in [-0.25, -0.2) is 14.8 Å². The van der Waals surface area contributed by atoms with Crippen LogP contribution in [0, 0.1) is 5.92 Å². The summed E-state index contributed by atoms with van der Waals surface area (Å²) in [7, 11) is 1.44. The third-order valence-electron chi connectivity index (χ3n) is 6.01. The van der Waals surface area contributed by atoms with E-state index in [9.17, 15) is 4.79 Å². The molecule has 1 aliphatic heterocycles. The van der Waals surface area contributed by atoms with Gasteiger partial charge in [0.05, 0.1) is 25.9 Å². The highest BCUT2D eigenvalue weighted by Gasteiger charge is 2.59. The van der Waals surface area contributed by atoms with Crippen molar-refractivity contribution in [2.24, 2.45) is 5.92 Å². The summed E-state index contributed by atoms with van der Waals surface area (Å²) in [4.78, 5) is 22.5. The molecule has 6 heteroatoms. The zero-order valence-electron chi connectivity index (χ0n) is 14.2. The van der Waals surface area contributed by atoms with Gasteiger partial charge in [0.1, 0.15) is 5.82 Å². The summed E-state index contributed by atoms with van der Waals surface area (Å²) in [5.41, 5.74) is 0.215. The molecule has 24 heavy (non-hydrogen) atoms. The molecule has 0 radical (unpaired) electrons. The van der Waals surface area contributed by atoms with E-state index in [-0.39, 0.29) is 17.6 Å². The van der Waals surface area contributed by atoms with Crippen LogP contribution in [0.4, 0.5) is 4.79 Å². The number of methoxy groups -OCH3 is 1. The second-order valence-electron chi connectivity index (χ2n) is 7.32. The monoisotopic (exact) mass is 331 g/mol. The van der Waals surface area contributed by atoms with Crippen LogP contribution in [-0.2, 0) is 14.9 Å². The van der Waals surface area contributed by atoms with Crippen LogP contribution in [0.5, 0.6) is 0 Å². The van der Waals surface area contributed by atoms with E-state index in [0.717, 1.165) is 44.5 Å². The maximum absolute atomic E-state index is 11.8. The van der Waals surface area contributed by atoms with Gasteiger partial charge in [-0.1, -0.05) is 0 Å². The molecule has 2 aliphatic carbocycles. The molecule has 130 valence electrons. The first-order valence-electron chi connectivity index (χ1n) is 8.96. The molecule has 3 aliphatic rings. The van der Waals surface area contributed by atoms with Crippen molar-refractivity contribution in [1.29, 1.82) is 0 Å². The number of carbonyl (C=O) groups excluding carboxylic acids is 1. The quantitative estimate of drug-likeness (QED) is 0.848. The Morgan fingerprint density at radius 3 is 2.96 bits per heavy atom. The molecule has 6 nitrogen and oxygen atoms in total. The number of likely N-dealkylation sites (tertiary alicyclic amines) is 1. The topological polar surface area (TPSA) is 64.5 Å². The summed E-state index contributed by atoms with van der Waals surface area (Å²) < 4.78 is 11.0. The number of fused-ring (bicyclic) bond motifs is 1. The maximum atomic E-state index is 11.8. The summed E-state index contributed by atoms with van der Waals surface area (Å²) in [6, 6.07) is 2.04. The van der Waals surface area contributed by atoms with Gasteiger partial charge in [-0.2, -0.15) is 0 Å². The van der Waals surface area contributed by atoms with E-state index in [0.29, 0.717) is 18.6 Å². The minimum Gasteiger partial charge on any atom is -0.453 e. The van der Waals surface area contributed by atoms with Gasteiger partial charge in [0.2, 0.25) is 0 Å². The van der Waals surface area contributed by atoms with E-state index >= 15 is 0 Å². The molecule has 4 atom stereocenters. The normalized spacial score (nSPS) is 34.7. The zero-order chi connectivity index (χ0) is 16.6. The predicted octanol–water partition coefficient (Wildman–Crippen LogP) is 2.53. The summed E-state index contributed by atoms with van der Waals surface area (Å²) in [5, 5.41) is 0. The van der Waals surface area contributed by atoms with Gasteiger partial charge in [-0.05, 0) is 50.5 Å². The van der Waals surface area contributed by atoms with Gasteiger partial charge in [-0.15, -0.1) is 0 Å². The Balaban J connectivity index is 1.29. The van der Waals surface area contributed by atoms with Crippen molar-refractivity contribution in [2.75, 3.05) is 20.3 Å². The number of hydrogen-bond acceptors (Lipinski definition) is 5. The number of rotatable bonds is 4. The summed E-state index contributed by atoms with van der Waals surface area (Å²) >= 11 is 0. The molecule has 0 spiro atoms. The van der Waals surface area contributed by atoms with Crippen molar-refractivity contribution in [3.05, 3.63) is 24.3 Å². The molecule has 4 rings (SSSR count).